The van der Waals surface area contributed by atoms with Gasteiger partial charge in [-0.2, -0.15) is 18.4 Å². The summed E-state index contributed by atoms with van der Waals surface area (Å²) in [6.07, 6.45) is -3.61. The molecule has 0 radical (unpaired) electrons. The van der Waals surface area contributed by atoms with Gasteiger partial charge in [0.2, 0.25) is 0 Å². The van der Waals surface area contributed by atoms with Gasteiger partial charge < -0.3 is 10.6 Å². The molecule has 2 amide bonds. The zero-order chi connectivity index (χ0) is 24.3. The van der Waals surface area contributed by atoms with Crippen LogP contribution in [0.5, 0.6) is 0 Å². The number of hydrogen-bond acceptors (Lipinski definition) is 5. The molecular weight excluding hydrogens is 462 g/mol. The van der Waals surface area contributed by atoms with Crippen LogP contribution in [0.15, 0.2) is 24.3 Å². The molecule has 12 heteroatoms. The predicted molar refractivity (Wildman–Crippen MR) is 113 cm³/mol. The van der Waals surface area contributed by atoms with Gasteiger partial charge in [0.25, 0.3) is 11.8 Å². The van der Waals surface area contributed by atoms with E-state index in [1.807, 2.05) is 0 Å². The Morgan fingerprint density at radius 1 is 1.27 bits per heavy atom. The summed E-state index contributed by atoms with van der Waals surface area (Å²) in [4.78, 5) is 30.7. The third kappa shape index (κ3) is 3.22. The number of aromatic nitrogens is 1. The van der Waals surface area contributed by atoms with Crippen molar-refractivity contribution in [1.82, 2.24) is 4.98 Å². The Hall–Kier alpha value is -3.59. The van der Waals surface area contributed by atoms with E-state index < -0.39 is 46.4 Å². The molecule has 7 nitrogen and oxygen atoms in total. The van der Waals surface area contributed by atoms with Gasteiger partial charge in [0.15, 0.2) is 10.8 Å². The Morgan fingerprint density at radius 2 is 1.94 bits per heavy atom. The van der Waals surface area contributed by atoms with Gasteiger partial charge in [0, 0.05) is 5.56 Å². The maximum atomic E-state index is 14.8. The summed E-state index contributed by atoms with van der Waals surface area (Å²) in [5, 5.41) is 8.83. The van der Waals surface area contributed by atoms with Crippen LogP contribution in [0.4, 0.5) is 29.1 Å². The van der Waals surface area contributed by atoms with E-state index in [1.165, 1.54) is 30.0 Å². The summed E-state index contributed by atoms with van der Waals surface area (Å²) < 4.78 is 55.1. The Balaban J connectivity index is 1.86. The van der Waals surface area contributed by atoms with E-state index in [-0.39, 0.29) is 21.9 Å². The molecule has 1 aliphatic carbocycles. The highest BCUT2D eigenvalue weighted by Gasteiger charge is 2.60. The molecule has 0 bridgehead atoms. The van der Waals surface area contributed by atoms with Crippen molar-refractivity contribution < 1.29 is 27.2 Å². The summed E-state index contributed by atoms with van der Waals surface area (Å²) in [7, 11) is 0. The fraction of sp³-hybridized carbons (Fsp3) is 0.286. The van der Waals surface area contributed by atoms with Crippen LogP contribution in [0, 0.1) is 24.1 Å². The predicted octanol–water partition coefficient (Wildman–Crippen LogP) is 3.58. The van der Waals surface area contributed by atoms with Crippen LogP contribution in [0.2, 0.25) is 0 Å². The summed E-state index contributed by atoms with van der Waals surface area (Å²) >= 11 is 5.47. The maximum Gasteiger partial charge on any atom is 0.434 e. The van der Waals surface area contributed by atoms with Crippen molar-refractivity contribution in [2.75, 3.05) is 9.80 Å². The number of alkyl halides is 3. The Bertz CT molecular complexity index is 1270. The fourth-order valence-electron chi connectivity index (χ4n) is 4.15. The number of rotatable bonds is 3. The summed E-state index contributed by atoms with van der Waals surface area (Å²) in [5.41, 5.74) is 1.72. The number of nitrogens with zero attached hydrogens (tertiary/aromatic N) is 4. The molecule has 2 N–H and O–H groups in total. The van der Waals surface area contributed by atoms with Crippen molar-refractivity contribution >= 4 is 40.6 Å². The molecule has 1 aliphatic heterocycles. The lowest BCUT2D eigenvalue weighted by Crippen LogP contribution is -2.55. The molecule has 1 spiro atoms. The third-order valence-electron chi connectivity index (χ3n) is 5.96. The van der Waals surface area contributed by atoms with E-state index in [4.69, 9.17) is 23.2 Å². The molecule has 1 saturated carbocycles. The highest BCUT2D eigenvalue weighted by atomic mass is 32.1. The lowest BCUT2D eigenvalue weighted by Gasteiger charge is -2.43. The molecule has 2 heterocycles. The molecule has 2 aliphatic rings. The van der Waals surface area contributed by atoms with E-state index in [0.717, 1.165) is 17.0 Å². The number of nitriles is 1. The van der Waals surface area contributed by atoms with Crippen molar-refractivity contribution in [2.45, 2.75) is 37.9 Å². The molecule has 1 aromatic carbocycles. The standard InChI is InChI=1S/C21H15F4N5O2S/c1-10-13(5-4-12(15(10)22)17(27)31)30-19(33)29(18(32)20(30)7-2-8-20)14-6-3-11(9-26)16(28-14)21(23,24)25/h3-6H,2,7-8H2,1H3,(H2,27,31). The van der Waals surface area contributed by atoms with Crippen LogP contribution < -0.4 is 15.5 Å². The monoisotopic (exact) mass is 477 g/mol. The van der Waals surface area contributed by atoms with Crippen molar-refractivity contribution in [2.24, 2.45) is 5.73 Å². The summed E-state index contributed by atoms with van der Waals surface area (Å²) in [6, 6.07) is 6.03. The number of halogens is 4. The Kier molecular flexibility index (Phi) is 5.12. The summed E-state index contributed by atoms with van der Waals surface area (Å²) in [6.45, 7) is 1.39. The number of thiocarbonyl (C=S) groups is 1. The van der Waals surface area contributed by atoms with E-state index in [9.17, 15) is 27.2 Å². The molecule has 170 valence electrons. The number of carbonyl (C=O) groups excluding carboxylic acids is 2. The van der Waals surface area contributed by atoms with Crippen LogP contribution in [-0.2, 0) is 11.0 Å². The molecule has 1 saturated heterocycles. The van der Waals surface area contributed by atoms with Gasteiger partial charge in [0.05, 0.1) is 16.8 Å². The van der Waals surface area contributed by atoms with Crippen molar-refractivity contribution in [1.29, 1.82) is 5.26 Å². The second-order valence-electron chi connectivity index (χ2n) is 7.75. The number of pyridine rings is 1. The Morgan fingerprint density at radius 3 is 2.45 bits per heavy atom. The number of hydrogen-bond donors (Lipinski definition) is 1. The van der Waals surface area contributed by atoms with Crippen LogP contribution in [0.25, 0.3) is 0 Å². The fourth-order valence-corrected chi connectivity index (χ4v) is 4.60. The maximum absolute atomic E-state index is 14.8. The zero-order valence-electron chi connectivity index (χ0n) is 17.0. The zero-order valence-corrected chi connectivity index (χ0v) is 17.9. The van der Waals surface area contributed by atoms with E-state index in [1.54, 1.807) is 0 Å². The number of primary amides is 1. The van der Waals surface area contributed by atoms with E-state index in [0.29, 0.717) is 19.3 Å². The first-order chi connectivity index (χ1) is 15.4. The second-order valence-corrected chi connectivity index (χ2v) is 8.12. The molecule has 0 atom stereocenters. The highest BCUT2D eigenvalue weighted by Crippen LogP contribution is 2.48. The quantitative estimate of drug-likeness (QED) is 0.536. The van der Waals surface area contributed by atoms with E-state index >= 15 is 0 Å². The van der Waals surface area contributed by atoms with Gasteiger partial charge in [-0.3, -0.25) is 9.59 Å². The minimum atomic E-state index is -4.93. The van der Waals surface area contributed by atoms with Crippen molar-refractivity contribution in [3.8, 4) is 6.07 Å². The van der Waals surface area contributed by atoms with Crippen LogP contribution >= 0.6 is 12.2 Å². The van der Waals surface area contributed by atoms with Crippen LogP contribution in [0.1, 0.15) is 46.4 Å². The van der Waals surface area contributed by atoms with E-state index in [2.05, 4.69) is 4.98 Å². The van der Waals surface area contributed by atoms with Gasteiger partial charge in [-0.05, 0) is 62.7 Å². The topological polar surface area (TPSA) is 103 Å². The summed E-state index contributed by atoms with van der Waals surface area (Å²) in [5.74, 6) is -2.83. The number of anilines is 2. The van der Waals surface area contributed by atoms with Gasteiger partial charge in [-0.15, -0.1) is 0 Å². The smallest absolute Gasteiger partial charge is 0.366 e. The van der Waals surface area contributed by atoms with Crippen LogP contribution in [-0.4, -0.2) is 27.4 Å². The average molecular weight is 477 g/mol. The molecule has 4 rings (SSSR count). The van der Waals surface area contributed by atoms with Crippen molar-refractivity contribution in [3.05, 3.63) is 52.5 Å². The second kappa shape index (κ2) is 7.48. The third-order valence-corrected chi connectivity index (χ3v) is 6.32. The first-order valence-electron chi connectivity index (χ1n) is 9.70. The highest BCUT2D eigenvalue weighted by molar-refractivity contribution is 7.81. The number of carbonyl (C=O) groups is 2. The molecule has 0 unspecified atom stereocenters. The van der Waals surface area contributed by atoms with Gasteiger partial charge >= 0.3 is 6.18 Å². The Labute approximate surface area is 190 Å². The molecular formula is C21H15F4N5O2S. The number of amides is 2. The molecule has 33 heavy (non-hydrogen) atoms. The van der Waals surface area contributed by atoms with Crippen molar-refractivity contribution in [3.63, 3.8) is 0 Å². The molecule has 2 fully saturated rings. The molecule has 2 aromatic rings. The first-order valence-corrected chi connectivity index (χ1v) is 10.1. The first kappa shape index (κ1) is 22.6. The lowest BCUT2D eigenvalue weighted by atomic mass is 9.75. The van der Waals surface area contributed by atoms with Gasteiger partial charge in [0.1, 0.15) is 23.2 Å². The minimum Gasteiger partial charge on any atom is -0.366 e. The molecule has 1 aromatic heterocycles. The van der Waals surface area contributed by atoms with Gasteiger partial charge in [-0.25, -0.2) is 14.3 Å². The number of nitrogens with two attached hydrogens (primary N) is 1. The van der Waals surface area contributed by atoms with Gasteiger partial charge in [-0.1, -0.05) is 0 Å². The van der Waals surface area contributed by atoms with Crippen LogP contribution in [0.3, 0.4) is 0 Å². The largest absolute Gasteiger partial charge is 0.434 e. The number of benzene rings is 1. The SMILES string of the molecule is Cc1c(N2C(=S)N(c3ccc(C#N)c(C(F)(F)F)n3)C(=O)C23CCC3)ccc(C(N)=O)c1F. The normalized spacial score (nSPS) is 17.3. The average Bonchev–Trinajstić information content (AvgIpc) is 2.95. The lowest BCUT2D eigenvalue weighted by molar-refractivity contribution is -0.141. The minimum absolute atomic E-state index is 0.0124.